The molecule has 1 heterocycles. The number of hydrogen-bond donors (Lipinski definition) is 2. The van der Waals surface area contributed by atoms with Crippen LogP contribution in [-0.4, -0.2) is 25.0 Å². The monoisotopic (exact) mass is 224 g/mol. The number of furan rings is 1. The van der Waals surface area contributed by atoms with Crippen LogP contribution in [0.15, 0.2) is 22.8 Å². The lowest BCUT2D eigenvalue weighted by Gasteiger charge is -2.12. The van der Waals surface area contributed by atoms with Gasteiger partial charge in [0.15, 0.2) is 0 Å². The molecule has 0 radical (unpaired) electrons. The molecule has 0 spiro atoms. The van der Waals surface area contributed by atoms with Crippen molar-refractivity contribution < 1.29 is 9.21 Å². The van der Waals surface area contributed by atoms with E-state index in [0.29, 0.717) is 0 Å². The molecule has 0 aromatic carbocycles. The molecular weight excluding hydrogens is 204 g/mol. The van der Waals surface area contributed by atoms with Gasteiger partial charge in [-0.2, -0.15) is 0 Å². The highest BCUT2D eigenvalue weighted by Gasteiger charge is 2.10. The van der Waals surface area contributed by atoms with Crippen molar-refractivity contribution in [3.05, 3.63) is 24.2 Å². The van der Waals surface area contributed by atoms with Crippen molar-refractivity contribution in [1.82, 2.24) is 10.6 Å². The summed E-state index contributed by atoms with van der Waals surface area (Å²) in [7, 11) is 0. The Morgan fingerprint density at radius 3 is 2.94 bits per heavy atom. The summed E-state index contributed by atoms with van der Waals surface area (Å²) in [6.07, 6.45) is 3.43. The molecule has 0 saturated carbocycles. The first kappa shape index (κ1) is 12.8. The third-order valence-corrected chi connectivity index (χ3v) is 2.34. The van der Waals surface area contributed by atoms with E-state index < -0.39 is 0 Å². The summed E-state index contributed by atoms with van der Waals surface area (Å²) in [4.78, 5) is 11.5. The third-order valence-electron chi connectivity index (χ3n) is 2.34. The first-order chi connectivity index (χ1) is 7.74. The van der Waals surface area contributed by atoms with Gasteiger partial charge in [0, 0.05) is 19.5 Å². The molecular formula is C12H20N2O2. The summed E-state index contributed by atoms with van der Waals surface area (Å²) in [6, 6.07) is 3.65. The van der Waals surface area contributed by atoms with E-state index in [1.807, 2.05) is 26.0 Å². The zero-order valence-electron chi connectivity index (χ0n) is 9.95. The molecule has 0 fully saturated rings. The van der Waals surface area contributed by atoms with Gasteiger partial charge in [-0.15, -0.1) is 0 Å². The van der Waals surface area contributed by atoms with E-state index in [0.717, 1.165) is 31.7 Å². The van der Waals surface area contributed by atoms with Crippen LogP contribution >= 0.6 is 0 Å². The number of nitrogens with one attached hydrogen (secondary N) is 2. The lowest BCUT2D eigenvalue weighted by Crippen LogP contribution is -2.43. The Morgan fingerprint density at radius 1 is 1.50 bits per heavy atom. The molecule has 1 atom stereocenters. The summed E-state index contributed by atoms with van der Waals surface area (Å²) in [5.74, 6) is 0.995. The van der Waals surface area contributed by atoms with Crippen molar-refractivity contribution >= 4 is 5.91 Å². The van der Waals surface area contributed by atoms with Gasteiger partial charge < -0.3 is 15.1 Å². The zero-order valence-corrected chi connectivity index (χ0v) is 9.95. The van der Waals surface area contributed by atoms with Gasteiger partial charge in [0.1, 0.15) is 5.76 Å². The first-order valence-corrected chi connectivity index (χ1v) is 5.77. The van der Waals surface area contributed by atoms with E-state index in [9.17, 15) is 4.79 Å². The highest BCUT2D eigenvalue weighted by Crippen LogP contribution is 1.99. The van der Waals surface area contributed by atoms with E-state index >= 15 is 0 Å². The van der Waals surface area contributed by atoms with Crippen LogP contribution < -0.4 is 10.6 Å². The maximum atomic E-state index is 11.5. The van der Waals surface area contributed by atoms with Gasteiger partial charge in [0.05, 0.1) is 12.3 Å². The smallest absolute Gasteiger partial charge is 0.236 e. The zero-order chi connectivity index (χ0) is 11.8. The topological polar surface area (TPSA) is 54.3 Å². The molecule has 0 aliphatic rings. The average Bonchev–Trinajstić information content (AvgIpc) is 2.78. The maximum absolute atomic E-state index is 11.5. The normalized spacial score (nSPS) is 12.4. The average molecular weight is 224 g/mol. The second kappa shape index (κ2) is 7.06. The van der Waals surface area contributed by atoms with E-state index in [4.69, 9.17) is 4.42 Å². The number of carbonyl (C=O) groups is 1. The first-order valence-electron chi connectivity index (χ1n) is 5.77. The van der Waals surface area contributed by atoms with Crippen molar-refractivity contribution in [3.63, 3.8) is 0 Å². The molecule has 1 unspecified atom stereocenters. The number of hydrogen-bond acceptors (Lipinski definition) is 3. The van der Waals surface area contributed by atoms with E-state index in [1.54, 1.807) is 6.26 Å². The Hall–Kier alpha value is -1.29. The fourth-order valence-electron chi connectivity index (χ4n) is 1.36. The highest BCUT2D eigenvalue weighted by atomic mass is 16.3. The molecule has 16 heavy (non-hydrogen) atoms. The molecule has 1 aromatic heterocycles. The van der Waals surface area contributed by atoms with Crippen molar-refractivity contribution in [2.24, 2.45) is 0 Å². The molecule has 0 bridgehead atoms. The largest absolute Gasteiger partial charge is 0.469 e. The Labute approximate surface area is 96.4 Å². The van der Waals surface area contributed by atoms with Gasteiger partial charge in [0.25, 0.3) is 0 Å². The molecule has 4 nitrogen and oxygen atoms in total. The Kier molecular flexibility index (Phi) is 5.64. The van der Waals surface area contributed by atoms with Gasteiger partial charge in [-0.05, 0) is 25.5 Å². The number of amides is 1. The predicted octanol–water partition coefficient (Wildman–Crippen LogP) is 1.33. The fraction of sp³-hybridized carbons (Fsp3) is 0.583. The lowest BCUT2D eigenvalue weighted by molar-refractivity contribution is -0.122. The SMILES string of the molecule is CCCNC(=O)C(C)NCCc1ccco1. The van der Waals surface area contributed by atoms with Gasteiger partial charge in [-0.3, -0.25) is 4.79 Å². The Balaban J connectivity index is 2.14. The van der Waals surface area contributed by atoms with Crippen molar-refractivity contribution in [1.29, 1.82) is 0 Å². The minimum Gasteiger partial charge on any atom is -0.469 e. The standard InChI is InChI=1S/C12H20N2O2/c1-3-7-14-12(15)10(2)13-8-6-11-5-4-9-16-11/h4-5,9-10,13H,3,6-8H2,1-2H3,(H,14,15). The van der Waals surface area contributed by atoms with Crippen LogP contribution in [0.2, 0.25) is 0 Å². The van der Waals surface area contributed by atoms with Crippen LogP contribution in [0.3, 0.4) is 0 Å². The van der Waals surface area contributed by atoms with Gasteiger partial charge in [-0.1, -0.05) is 6.92 Å². The molecule has 2 N–H and O–H groups in total. The Morgan fingerprint density at radius 2 is 2.31 bits per heavy atom. The van der Waals surface area contributed by atoms with Crippen LogP contribution in [0, 0.1) is 0 Å². The second-order valence-corrected chi connectivity index (χ2v) is 3.80. The van der Waals surface area contributed by atoms with Crippen LogP contribution in [0.5, 0.6) is 0 Å². The highest BCUT2D eigenvalue weighted by molar-refractivity contribution is 5.81. The summed E-state index contributed by atoms with van der Waals surface area (Å²) in [6.45, 7) is 5.39. The van der Waals surface area contributed by atoms with Crippen LogP contribution in [0.1, 0.15) is 26.0 Å². The molecule has 90 valence electrons. The second-order valence-electron chi connectivity index (χ2n) is 3.80. The maximum Gasteiger partial charge on any atom is 0.236 e. The molecule has 0 saturated heterocycles. The van der Waals surface area contributed by atoms with E-state index in [2.05, 4.69) is 10.6 Å². The molecule has 0 aliphatic heterocycles. The van der Waals surface area contributed by atoms with Crippen LogP contribution in [-0.2, 0) is 11.2 Å². The minimum absolute atomic E-state index is 0.0568. The van der Waals surface area contributed by atoms with E-state index in [-0.39, 0.29) is 11.9 Å². The van der Waals surface area contributed by atoms with Gasteiger partial charge in [-0.25, -0.2) is 0 Å². The fourth-order valence-corrected chi connectivity index (χ4v) is 1.36. The number of rotatable bonds is 7. The van der Waals surface area contributed by atoms with Crippen LogP contribution in [0.4, 0.5) is 0 Å². The van der Waals surface area contributed by atoms with Gasteiger partial charge in [0.2, 0.25) is 5.91 Å². The van der Waals surface area contributed by atoms with Gasteiger partial charge >= 0.3 is 0 Å². The van der Waals surface area contributed by atoms with Crippen molar-refractivity contribution in [3.8, 4) is 0 Å². The van der Waals surface area contributed by atoms with Crippen LogP contribution in [0.25, 0.3) is 0 Å². The molecule has 1 aromatic rings. The lowest BCUT2D eigenvalue weighted by atomic mass is 10.2. The summed E-state index contributed by atoms with van der Waals surface area (Å²) in [5.41, 5.74) is 0. The van der Waals surface area contributed by atoms with Crippen molar-refractivity contribution in [2.45, 2.75) is 32.7 Å². The molecule has 0 aliphatic carbocycles. The number of carbonyl (C=O) groups excluding carboxylic acids is 1. The summed E-state index contributed by atoms with van der Waals surface area (Å²) in [5, 5.41) is 6.01. The molecule has 1 amide bonds. The third kappa shape index (κ3) is 4.49. The molecule has 1 rings (SSSR count). The summed E-state index contributed by atoms with van der Waals surface area (Å²) < 4.78 is 5.20. The Bertz CT molecular complexity index is 296. The van der Waals surface area contributed by atoms with Crippen molar-refractivity contribution in [2.75, 3.05) is 13.1 Å². The predicted molar refractivity (Wildman–Crippen MR) is 63.2 cm³/mol. The molecule has 4 heteroatoms. The summed E-state index contributed by atoms with van der Waals surface area (Å²) >= 11 is 0. The quantitative estimate of drug-likeness (QED) is 0.734. The van der Waals surface area contributed by atoms with E-state index in [1.165, 1.54) is 0 Å². The minimum atomic E-state index is -0.151.